The number of ether oxygens (including phenoxy) is 1. The third kappa shape index (κ3) is 3.38. The number of methoxy groups -OCH3 is 1. The first-order valence-corrected chi connectivity index (χ1v) is 5.81. The van der Waals surface area contributed by atoms with E-state index in [9.17, 15) is 5.11 Å². The van der Waals surface area contributed by atoms with E-state index in [1.54, 1.807) is 19.2 Å². The van der Waals surface area contributed by atoms with Gasteiger partial charge in [-0.1, -0.05) is 18.2 Å². The van der Waals surface area contributed by atoms with Gasteiger partial charge in [-0.15, -0.1) is 0 Å². The van der Waals surface area contributed by atoms with E-state index in [1.807, 2.05) is 30.3 Å². The second kappa shape index (κ2) is 5.91. The van der Waals surface area contributed by atoms with Crippen molar-refractivity contribution < 1.29 is 9.84 Å². The first-order chi connectivity index (χ1) is 8.78. The normalized spacial score (nSPS) is 10.1. The van der Waals surface area contributed by atoms with E-state index in [4.69, 9.17) is 4.74 Å². The highest BCUT2D eigenvalue weighted by Gasteiger charge is 1.97. The number of hydrogen-bond donors (Lipinski definition) is 2. The van der Waals surface area contributed by atoms with E-state index in [-0.39, 0.29) is 0 Å². The minimum Gasteiger partial charge on any atom is -0.508 e. The number of phenolic OH excluding ortho intramolecular Hbond substituents is 1. The van der Waals surface area contributed by atoms with Gasteiger partial charge in [0.15, 0.2) is 0 Å². The second-order valence-electron chi connectivity index (χ2n) is 3.91. The molecule has 0 atom stereocenters. The third-order valence-corrected chi connectivity index (χ3v) is 2.59. The van der Waals surface area contributed by atoms with E-state index < -0.39 is 0 Å². The molecule has 2 aromatic rings. The summed E-state index contributed by atoms with van der Waals surface area (Å²) in [4.78, 5) is 4.26. The number of aromatic nitrogens is 1. The summed E-state index contributed by atoms with van der Waals surface area (Å²) in [7, 11) is 1.60. The Balaban J connectivity index is 1.86. The highest BCUT2D eigenvalue weighted by molar-refractivity contribution is 5.37. The predicted molar refractivity (Wildman–Crippen MR) is 71.1 cm³/mol. The van der Waals surface area contributed by atoms with Crippen LogP contribution in [-0.4, -0.2) is 23.7 Å². The SMILES string of the molecule is COc1cccc(NCCc2ccc(O)cc2)n1. The van der Waals surface area contributed by atoms with Crippen LogP contribution in [0.2, 0.25) is 0 Å². The molecule has 0 saturated heterocycles. The van der Waals surface area contributed by atoms with E-state index in [0.717, 1.165) is 18.8 Å². The number of anilines is 1. The molecule has 2 rings (SSSR count). The Hall–Kier alpha value is -2.23. The molecule has 1 aromatic carbocycles. The van der Waals surface area contributed by atoms with Crippen LogP contribution in [-0.2, 0) is 6.42 Å². The summed E-state index contributed by atoms with van der Waals surface area (Å²) in [5.41, 5.74) is 1.17. The van der Waals surface area contributed by atoms with Gasteiger partial charge in [-0.05, 0) is 30.2 Å². The van der Waals surface area contributed by atoms with Crippen molar-refractivity contribution in [3.8, 4) is 11.6 Å². The standard InChI is InChI=1S/C14H16N2O2/c1-18-14-4-2-3-13(16-14)15-10-9-11-5-7-12(17)8-6-11/h2-8,17H,9-10H2,1H3,(H,15,16). The highest BCUT2D eigenvalue weighted by Crippen LogP contribution is 2.12. The van der Waals surface area contributed by atoms with Crippen molar-refractivity contribution in [2.45, 2.75) is 6.42 Å². The highest BCUT2D eigenvalue weighted by atomic mass is 16.5. The zero-order chi connectivity index (χ0) is 12.8. The molecule has 0 saturated carbocycles. The van der Waals surface area contributed by atoms with Crippen molar-refractivity contribution in [1.82, 2.24) is 4.98 Å². The molecule has 0 aliphatic carbocycles. The van der Waals surface area contributed by atoms with Crippen molar-refractivity contribution in [1.29, 1.82) is 0 Å². The summed E-state index contributed by atoms with van der Waals surface area (Å²) in [5.74, 6) is 1.69. The molecule has 4 heteroatoms. The molecule has 18 heavy (non-hydrogen) atoms. The first kappa shape index (κ1) is 12.2. The number of benzene rings is 1. The fraction of sp³-hybridized carbons (Fsp3) is 0.214. The minimum absolute atomic E-state index is 0.293. The topological polar surface area (TPSA) is 54.4 Å². The molecule has 2 N–H and O–H groups in total. The van der Waals surface area contributed by atoms with Crippen LogP contribution in [0.4, 0.5) is 5.82 Å². The van der Waals surface area contributed by atoms with Crippen molar-refractivity contribution in [2.24, 2.45) is 0 Å². The number of pyridine rings is 1. The van der Waals surface area contributed by atoms with Crippen LogP contribution in [0.5, 0.6) is 11.6 Å². The molecule has 0 spiro atoms. The lowest BCUT2D eigenvalue weighted by Crippen LogP contribution is -2.06. The van der Waals surface area contributed by atoms with Crippen molar-refractivity contribution in [3.63, 3.8) is 0 Å². The Kier molecular flexibility index (Phi) is 4.02. The molecule has 0 unspecified atom stereocenters. The van der Waals surface area contributed by atoms with Crippen LogP contribution in [0.3, 0.4) is 0 Å². The van der Waals surface area contributed by atoms with Gasteiger partial charge in [0, 0.05) is 12.6 Å². The minimum atomic E-state index is 0.293. The van der Waals surface area contributed by atoms with Crippen LogP contribution >= 0.6 is 0 Å². The van der Waals surface area contributed by atoms with Crippen LogP contribution in [0, 0.1) is 0 Å². The molecule has 1 heterocycles. The van der Waals surface area contributed by atoms with Gasteiger partial charge in [0.2, 0.25) is 5.88 Å². The molecule has 0 aliphatic heterocycles. The average molecular weight is 244 g/mol. The molecule has 0 fully saturated rings. The van der Waals surface area contributed by atoms with E-state index in [0.29, 0.717) is 11.6 Å². The van der Waals surface area contributed by atoms with Crippen LogP contribution in [0.25, 0.3) is 0 Å². The molecule has 1 aromatic heterocycles. The number of nitrogens with one attached hydrogen (secondary N) is 1. The number of rotatable bonds is 5. The number of hydrogen-bond acceptors (Lipinski definition) is 4. The zero-order valence-electron chi connectivity index (χ0n) is 10.3. The van der Waals surface area contributed by atoms with Crippen molar-refractivity contribution in [2.75, 3.05) is 19.0 Å². The smallest absolute Gasteiger partial charge is 0.214 e. The van der Waals surface area contributed by atoms with Crippen LogP contribution in [0.1, 0.15) is 5.56 Å². The third-order valence-electron chi connectivity index (χ3n) is 2.59. The maximum Gasteiger partial charge on any atom is 0.214 e. The predicted octanol–water partition coefficient (Wildman–Crippen LogP) is 2.45. The molecule has 4 nitrogen and oxygen atoms in total. The van der Waals surface area contributed by atoms with Gasteiger partial charge < -0.3 is 15.2 Å². The van der Waals surface area contributed by atoms with Gasteiger partial charge in [0.05, 0.1) is 7.11 Å². The lowest BCUT2D eigenvalue weighted by molar-refractivity contribution is 0.398. The van der Waals surface area contributed by atoms with E-state index in [1.165, 1.54) is 5.56 Å². The number of aromatic hydroxyl groups is 1. The van der Waals surface area contributed by atoms with Gasteiger partial charge >= 0.3 is 0 Å². The maximum absolute atomic E-state index is 9.18. The fourth-order valence-corrected chi connectivity index (χ4v) is 1.62. The largest absolute Gasteiger partial charge is 0.508 e. The molecular weight excluding hydrogens is 228 g/mol. The Morgan fingerprint density at radius 3 is 2.67 bits per heavy atom. The summed E-state index contributed by atoms with van der Waals surface area (Å²) in [6.07, 6.45) is 0.874. The molecule has 94 valence electrons. The second-order valence-corrected chi connectivity index (χ2v) is 3.91. The fourth-order valence-electron chi connectivity index (χ4n) is 1.62. The molecular formula is C14H16N2O2. The van der Waals surface area contributed by atoms with Gasteiger partial charge in [-0.2, -0.15) is 4.98 Å². The van der Waals surface area contributed by atoms with E-state index >= 15 is 0 Å². The average Bonchev–Trinajstić information content (AvgIpc) is 2.41. The first-order valence-electron chi connectivity index (χ1n) is 5.81. The quantitative estimate of drug-likeness (QED) is 0.848. The van der Waals surface area contributed by atoms with E-state index in [2.05, 4.69) is 10.3 Å². The number of nitrogens with zero attached hydrogens (tertiary/aromatic N) is 1. The Morgan fingerprint density at radius 2 is 1.94 bits per heavy atom. The van der Waals surface area contributed by atoms with Crippen molar-refractivity contribution in [3.05, 3.63) is 48.0 Å². The van der Waals surface area contributed by atoms with Crippen molar-refractivity contribution >= 4 is 5.82 Å². The number of phenols is 1. The Labute approximate surface area is 106 Å². The molecule has 0 radical (unpaired) electrons. The summed E-state index contributed by atoms with van der Waals surface area (Å²) >= 11 is 0. The van der Waals surface area contributed by atoms with Gasteiger partial charge in [0.1, 0.15) is 11.6 Å². The molecule has 0 bridgehead atoms. The molecule has 0 aliphatic rings. The Bertz CT molecular complexity index is 497. The van der Waals surface area contributed by atoms with Crippen LogP contribution < -0.4 is 10.1 Å². The lowest BCUT2D eigenvalue weighted by Gasteiger charge is -2.07. The molecule has 0 amide bonds. The Morgan fingerprint density at radius 1 is 1.17 bits per heavy atom. The summed E-state index contributed by atoms with van der Waals surface area (Å²) in [5, 5.41) is 12.4. The monoisotopic (exact) mass is 244 g/mol. The van der Waals surface area contributed by atoms with Gasteiger partial charge in [0.25, 0.3) is 0 Å². The lowest BCUT2D eigenvalue weighted by atomic mass is 10.1. The summed E-state index contributed by atoms with van der Waals surface area (Å²) < 4.78 is 5.05. The zero-order valence-corrected chi connectivity index (χ0v) is 10.3. The summed E-state index contributed by atoms with van der Waals surface area (Å²) in [6, 6.07) is 12.8. The van der Waals surface area contributed by atoms with Crippen LogP contribution in [0.15, 0.2) is 42.5 Å². The maximum atomic E-state index is 9.18. The summed E-state index contributed by atoms with van der Waals surface area (Å²) in [6.45, 7) is 0.783. The van der Waals surface area contributed by atoms with Gasteiger partial charge in [-0.3, -0.25) is 0 Å². The van der Waals surface area contributed by atoms with Gasteiger partial charge in [-0.25, -0.2) is 0 Å².